The van der Waals surface area contributed by atoms with Crippen LogP contribution in [0.4, 0.5) is 5.82 Å². The summed E-state index contributed by atoms with van der Waals surface area (Å²) in [4.78, 5) is 58.2. The molecule has 2 unspecified atom stereocenters. The Morgan fingerprint density at radius 2 is 1.76 bits per heavy atom. The van der Waals surface area contributed by atoms with Gasteiger partial charge in [0.25, 0.3) is 0 Å². The molecule has 0 radical (unpaired) electrons. The molecule has 1 N–H and O–H groups in total. The number of carbonyl (C=O) groups is 3. The van der Waals surface area contributed by atoms with Gasteiger partial charge in [0.15, 0.2) is 5.78 Å². The van der Waals surface area contributed by atoms with Crippen molar-refractivity contribution in [3.05, 3.63) is 64.4 Å². The predicted molar refractivity (Wildman–Crippen MR) is 177 cm³/mol. The third-order valence-corrected chi connectivity index (χ3v) is 10.2. The zero-order valence-corrected chi connectivity index (χ0v) is 27.9. The van der Waals surface area contributed by atoms with Gasteiger partial charge >= 0.3 is 0 Å². The zero-order chi connectivity index (χ0) is 32.2. The Kier molecular flexibility index (Phi) is 7.96. The van der Waals surface area contributed by atoms with E-state index < -0.39 is 6.04 Å². The number of piperidine rings is 2. The molecule has 3 aromatic heterocycles. The van der Waals surface area contributed by atoms with Gasteiger partial charge in [-0.1, -0.05) is 18.6 Å². The van der Waals surface area contributed by atoms with Crippen LogP contribution in [0.15, 0.2) is 47.3 Å². The molecule has 46 heavy (non-hydrogen) atoms. The highest BCUT2D eigenvalue weighted by Crippen LogP contribution is 2.60. The molecular weight excluding hydrogens is 648 g/mol. The summed E-state index contributed by atoms with van der Waals surface area (Å²) < 4.78 is 2.23. The lowest BCUT2D eigenvalue weighted by Crippen LogP contribution is -2.47. The lowest BCUT2D eigenvalue weighted by molar-refractivity contribution is -0.138. The summed E-state index contributed by atoms with van der Waals surface area (Å²) in [6, 6.07) is 8.79. The largest absolute Gasteiger partial charge is 0.325 e. The van der Waals surface area contributed by atoms with E-state index in [2.05, 4.69) is 46.2 Å². The van der Waals surface area contributed by atoms with Crippen molar-refractivity contribution in [2.24, 2.45) is 5.41 Å². The van der Waals surface area contributed by atoms with Crippen molar-refractivity contribution in [1.82, 2.24) is 34.5 Å². The second kappa shape index (κ2) is 12.0. The molecular formula is C34H37BrN8O3. The van der Waals surface area contributed by atoms with Crippen molar-refractivity contribution in [2.45, 2.75) is 71.5 Å². The van der Waals surface area contributed by atoms with E-state index in [4.69, 9.17) is 0 Å². The van der Waals surface area contributed by atoms with Crippen molar-refractivity contribution < 1.29 is 14.4 Å². The predicted octanol–water partition coefficient (Wildman–Crippen LogP) is 4.95. The number of hydrogen-bond acceptors (Lipinski definition) is 8. The van der Waals surface area contributed by atoms with Gasteiger partial charge in [-0.2, -0.15) is 5.10 Å². The van der Waals surface area contributed by atoms with E-state index in [9.17, 15) is 14.4 Å². The maximum absolute atomic E-state index is 14.3. The van der Waals surface area contributed by atoms with Crippen LogP contribution in [0, 0.1) is 19.3 Å². The van der Waals surface area contributed by atoms with E-state index in [1.54, 1.807) is 22.0 Å². The Labute approximate surface area is 275 Å². The highest BCUT2D eigenvalue weighted by molar-refractivity contribution is 9.10. The van der Waals surface area contributed by atoms with Gasteiger partial charge < -0.3 is 15.1 Å². The number of halogens is 1. The number of benzene rings is 1. The maximum atomic E-state index is 14.3. The van der Waals surface area contributed by atoms with Gasteiger partial charge in [-0.3, -0.25) is 19.1 Å². The van der Waals surface area contributed by atoms with E-state index in [1.807, 2.05) is 44.2 Å². The number of nitrogens with one attached hydrogen (secondary N) is 1. The molecule has 5 heterocycles. The van der Waals surface area contributed by atoms with Crippen LogP contribution >= 0.6 is 15.9 Å². The van der Waals surface area contributed by atoms with Gasteiger partial charge in [-0.15, -0.1) is 0 Å². The number of pyridine rings is 1. The smallest absolute Gasteiger partial charge is 0.248 e. The van der Waals surface area contributed by atoms with Crippen LogP contribution in [-0.4, -0.2) is 83.8 Å². The van der Waals surface area contributed by atoms with E-state index in [1.165, 1.54) is 26.2 Å². The molecule has 4 aromatic rings. The summed E-state index contributed by atoms with van der Waals surface area (Å²) in [6.07, 6.45) is 8.62. The zero-order valence-electron chi connectivity index (χ0n) is 26.3. The van der Waals surface area contributed by atoms with Gasteiger partial charge in [-0.05, 0) is 97.9 Å². The number of carbonyl (C=O) groups excluding carboxylic acids is 3. The summed E-state index contributed by atoms with van der Waals surface area (Å²) in [5.74, 6) is 0.556. The number of rotatable bonds is 8. The lowest BCUT2D eigenvalue weighted by atomic mass is 9.97. The van der Waals surface area contributed by atoms with Crippen LogP contribution < -0.4 is 5.32 Å². The quantitative estimate of drug-likeness (QED) is 0.204. The number of fused-ring (bicyclic) bond motifs is 2. The number of amides is 2. The van der Waals surface area contributed by atoms with Crippen LogP contribution in [0.5, 0.6) is 0 Å². The first-order chi connectivity index (χ1) is 22.1. The fraction of sp³-hybridized carbons (Fsp3) is 0.441. The van der Waals surface area contributed by atoms with Crippen LogP contribution in [0.1, 0.15) is 60.9 Å². The number of likely N-dealkylation sites (tertiary alicyclic amines) is 2. The molecule has 0 spiro atoms. The Hall–Kier alpha value is -4.03. The van der Waals surface area contributed by atoms with Gasteiger partial charge in [0.1, 0.15) is 34.5 Å². The molecule has 12 heteroatoms. The number of hydrogen-bond donors (Lipinski definition) is 1. The molecule has 1 aliphatic carbocycles. The minimum absolute atomic E-state index is 0.0171. The Morgan fingerprint density at radius 3 is 2.50 bits per heavy atom. The molecule has 11 nitrogen and oxygen atoms in total. The van der Waals surface area contributed by atoms with Crippen LogP contribution in [0.2, 0.25) is 0 Å². The molecule has 7 rings (SSSR count). The lowest BCUT2D eigenvalue weighted by Gasteiger charge is -2.30. The standard InChI is InChI=1S/C34H37BrN8O3/c1-20-7-10-29(35)38-32(20)39-33(46)27-14-34(19-41-11-5-4-6-12-41)15-28(34)43(27)30(45)18-42-26-9-8-23(24-16-36-22(3)37-17-24)13-25(26)31(40-42)21(2)44/h7-10,13,16-17,27-28H,4-6,11-12,14-15,18-19H2,1-3H3,(H,38,39,46)/t27-,28?,34?/m0/s1. The summed E-state index contributed by atoms with van der Waals surface area (Å²) in [5.41, 5.74) is 3.41. The summed E-state index contributed by atoms with van der Waals surface area (Å²) in [7, 11) is 0. The maximum Gasteiger partial charge on any atom is 0.248 e. The monoisotopic (exact) mass is 684 g/mol. The van der Waals surface area contributed by atoms with Crippen LogP contribution in [0.25, 0.3) is 22.0 Å². The van der Waals surface area contributed by atoms with Crippen molar-refractivity contribution >= 4 is 50.2 Å². The molecule has 1 aromatic carbocycles. The fourth-order valence-electron chi connectivity index (χ4n) is 7.33. The Morgan fingerprint density at radius 1 is 1.00 bits per heavy atom. The van der Waals surface area contributed by atoms with Gasteiger partial charge in [-0.25, -0.2) is 15.0 Å². The first kappa shape index (κ1) is 30.6. The molecule has 3 fully saturated rings. The second-order valence-electron chi connectivity index (χ2n) is 13.0. The number of nitrogens with zero attached hydrogens (tertiary/aromatic N) is 7. The third-order valence-electron chi connectivity index (χ3n) is 9.78. The van der Waals surface area contributed by atoms with E-state index in [0.717, 1.165) is 42.7 Å². The van der Waals surface area contributed by atoms with E-state index >= 15 is 0 Å². The summed E-state index contributed by atoms with van der Waals surface area (Å²) in [6.45, 7) is 8.14. The van der Waals surface area contributed by atoms with E-state index in [-0.39, 0.29) is 35.6 Å². The third kappa shape index (κ3) is 5.72. The first-order valence-corrected chi connectivity index (χ1v) is 16.7. The second-order valence-corrected chi connectivity index (χ2v) is 13.9. The Bertz CT molecular complexity index is 1850. The topological polar surface area (TPSA) is 126 Å². The average molecular weight is 686 g/mol. The SMILES string of the molecule is CC(=O)c1nn(CC(=O)N2C3CC3(CN3CCCCC3)C[C@H]2C(=O)Nc2nc(Br)ccc2C)c2ccc(-c3cnc(C)nc3)cc12. The number of aryl methyl sites for hydroxylation is 2. The molecule has 3 aliphatic rings. The van der Waals surface area contributed by atoms with Crippen molar-refractivity contribution in [3.63, 3.8) is 0 Å². The van der Waals surface area contributed by atoms with Crippen LogP contribution in [-0.2, 0) is 16.1 Å². The van der Waals surface area contributed by atoms with Gasteiger partial charge in [0, 0.05) is 48.3 Å². The van der Waals surface area contributed by atoms with Gasteiger partial charge in [0.2, 0.25) is 11.8 Å². The fourth-order valence-corrected chi connectivity index (χ4v) is 7.64. The molecule has 238 valence electrons. The molecule has 0 bridgehead atoms. The number of aromatic nitrogens is 5. The van der Waals surface area contributed by atoms with Gasteiger partial charge in [0.05, 0.1) is 5.52 Å². The minimum Gasteiger partial charge on any atom is -0.325 e. The minimum atomic E-state index is -0.626. The number of ketones is 1. The highest BCUT2D eigenvalue weighted by Gasteiger charge is 2.67. The van der Waals surface area contributed by atoms with Crippen molar-refractivity contribution in [3.8, 4) is 11.1 Å². The van der Waals surface area contributed by atoms with E-state index in [0.29, 0.717) is 39.3 Å². The normalized spacial score (nSPS) is 22.6. The number of anilines is 1. The summed E-state index contributed by atoms with van der Waals surface area (Å²) in [5, 5.41) is 8.30. The summed E-state index contributed by atoms with van der Waals surface area (Å²) >= 11 is 3.40. The first-order valence-electron chi connectivity index (χ1n) is 15.9. The molecule has 2 amide bonds. The van der Waals surface area contributed by atoms with Crippen LogP contribution in [0.3, 0.4) is 0 Å². The molecule has 2 saturated heterocycles. The van der Waals surface area contributed by atoms with Crippen molar-refractivity contribution in [2.75, 3.05) is 25.0 Å². The average Bonchev–Trinajstić information content (AvgIpc) is 3.44. The molecule has 3 atom stereocenters. The number of Topliss-reactive ketones (excluding diaryl/α,β-unsaturated/α-hetero) is 1. The Balaban J connectivity index is 1.18. The molecule has 1 saturated carbocycles. The van der Waals surface area contributed by atoms with Crippen molar-refractivity contribution in [1.29, 1.82) is 0 Å². The highest BCUT2D eigenvalue weighted by atomic mass is 79.9. The molecule has 2 aliphatic heterocycles.